The first-order valence-electron chi connectivity index (χ1n) is 6.82. The van der Waals surface area contributed by atoms with E-state index in [1.807, 2.05) is 12.1 Å². The Hall–Kier alpha value is -1.02. The Morgan fingerprint density at radius 2 is 1.55 bits per heavy atom. The quantitative estimate of drug-likeness (QED) is 0.823. The highest BCUT2D eigenvalue weighted by Gasteiger charge is 2.18. The van der Waals surface area contributed by atoms with Gasteiger partial charge in [-0.3, -0.25) is 0 Å². The lowest BCUT2D eigenvalue weighted by Gasteiger charge is -2.17. The largest absolute Gasteiger partial charge is 0.384 e. The summed E-state index contributed by atoms with van der Waals surface area (Å²) < 4.78 is 0. The van der Waals surface area contributed by atoms with Crippen LogP contribution < -0.4 is 0 Å². The molecule has 0 aliphatic rings. The van der Waals surface area contributed by atoms with Crippen LogP contribution in [-0.2, 0) is 12.8 Å². The minimum Gasteiger partial charge on any atom is -0.384 e. The molecule has 0 spiro atoms. The van der Waals surface area contributed by atoms with E-state index in [0.717, 1.165) is 18.4 Å². The van der Waals surface area contributed by atoms with Crippen molar-refractivity contribution in [3.05, 3.63) is 68.7 Å². The molecule has 0 fully saturated rings. The van der Waals surface area contributed by atoms with Gasteiger partial charge in [0.2, 0.25) is 0 Å². The molecule has 1 atom stereocenters. The number of hydrogen-bond donors (Lipinski definition) is 1. The van der Waals surface area contributed by atoms with E-state index in [9.17, 15) is 5.11 Å². The first kappa shape index (κ1) is 15.4. The minimum atomic E-state index is -0.799. The normalized spacial score (nSPS) is 12.4. The van der Waals surface area contributed by atoms with Crippen LogP contribution in [0.15, 0.2) is 36.4 Å². The van der Waals surface area contributed by atoms with Crippen molar-refractivity contribution in [3.8, 4) is 0 Å². The topological polar surface area (TPSA) is 20.2 Å². The van der Waals surface area contributed by atoms with Crippen molar-refractivity contribution in [2.24, 2.45) is 0 Å². The molecule has 2 rings (SSSR count). The van der Waals surface area contributed by atoms with E-state index in [-0.39, 0.29) is 0 Å². The van der Waals surface area contributed by atoms with Gasteiger partial charge in [-0.15, -0.1) is 0 Å². The Morgan fingerprint density at radius 3 is 2.10 bits per heavy atom. The molecule has 0 amide bonds. The van der Waals surface area contributed by atoms with Crippen molar-refractivity contribution in [1.82, 2.24) is 0 Å². The maximum absolute atomic E-state index is 10.6. The van der Waals surface area contributed by atoms with Gasteiger partial charge in [0.05, 0.1) is 0 Å². The van der Waals surface area contributed by atoms with Crippen LogP contribution in [0.4, 0.5) is 0 Å². The molecule has 3 heteroatoms. The van der Waals surface area contributed by atoms with Crippen LogP contribution in [0.25, 0.3) is 0 Å². The fraction of sp³-hybridized carbons (Fsp3) is 0.294. The maximum atomic E-state index is 10.6. The molecule has 106 valence electrons. The van der Waals surface area contributed by atoms with Gasteiger partial charge in [-0.25, -0.2) is 0 Å². The average molecular weight is 309 g/mol. The second-order valence-corrected chi connectivity index (χ2v) is 5.59. The van der Waals surface area contributed by atoms with Crippen LogP contribution in [0.2, 0.25) is 10.0 Å². The predicted molar refractivity (Wildman–Crippen MR) is 85.7 cm³/mol. The van der Waals surface area contributed by atoms with E-state index in [1.54, 1.807) is 18.2 Å². The fourth-order valence-electron chi connectivity index (χ4n) is 2.43. The van der Waals surface area contributed by atoms with Crippen LogP contribution in [0.5, 0.6) is 0 Å². The molecule has 20 heavy (non-hydrogen) atoms. The van der Waals surface area contributed by atoms with Gasteiger partial charge in [-0.2, -0.15) is 0 Å². The first-order valence-corrected chi connectivity index (χ1v) is 7.57. The lowest BCUT2D eigenvalue weighted by atomic mass is 9.95. The molecule has 0 saturated heterocycles. The summed E-state index contributed by atoms with van der Waals surface area (Å²) in [5.41, 5.74) is 3.97. The smallest absolute Gasteiger partial charge is 0.107 e. The Bertz CT molecular complexity index is 588. The zero-order valence-corrected chi connectivity index (χ0v) is 13.2. The monoisotopic (exact) mass is 308 g/mol. The van der Waals surface area contributed by atoms with E-state index < -0.39 is 6.10 Å². The summed E-state index contributed by atoms with van der Waals surface area (Å²) in [6.07, 6.45) is 1.14. The van der Waals surface area contributed by atoms with Gasteiger partial charge in [0.15, 0.2) is 0 Å². The second kappa shape index (κ2) is 6.62. The molecule has 0 radical (unpaired) electrons. The van der Waals surface area contributed by atoms with Crippen molar-refractivity contribution in [2.75, 3.05) is 0 Å². The Balaban J connectivity index is 2.46. The van der Waals surface area contributed by atoms with Crippen molar-refractivity contribution < 1.29 is 5.11 Å². The molecule has 1 unspecified atom stereocenters. The summed E-state index contributed by atoms with van der Waals surface area (Å²) >= 11 is 12.3. The number of aliphatic hydroxyl groups excluding tert-OH is 1. The van der Waals surface area contributed by atoms with E-state index in [1.165, 1.54) is 11.1 Å². The molecule has 2 aromatic carbocycles. The zero-order valence-electron chi connectivity index (χ0n) is 11.7. The fourth-order valence-corrected chi connectivity index (χ4v) is 3.03. The summed E-state index contributed by atoms with van der Waals surface area (Å²) in [4.78, 5) is 0. The SMILES string of the molecule is CCc1ccc(C(O)c2c(Cl)cccc2Cl)cc1CC. The van der Waals surface area contributed by atoms with Gasteiger partial charge in [-0.05, 0) is 41.7 Å². The molecular formula is C17H18Cl2O. The summed E-state index contributed by atoms with van der Waals surface area (Å²) in [7, 11) is 0. The molecule has 1 N–H and O–H groups in total. The molecule has 0 aliphatic heterocycles. The van der Waals surface area contributed by atoms with E-state index in [2.05, 4.69) is 19.9 Å². The lowest BCUT2D eigenvalue weighted by molar-refractivity contribution is 0.220. The maximum Gasteiger partial charge on any atom is 0.107 e. The molecule has 0 saturated carbocycles. The highest BCUT2D eigenvalue weighted by atomic mass is 35.5. The van der Waals surface area contributed by atoms with Gasteiger partial charge < -0.3 is 5.11 Å². The molecule has 0 aromatic heterocycles. The summed E-state index contributed by atoms with van der Waals surface area (Å²) in [5.74, 6) is 0. The van der Waals surface area contributed by atoms with Crippen molar-refractivity contribution in [3.63, 3.8) is 0 Å². The Labute approximate surface area is 130 Å². The van der Waals surface area contributed by atoms with Gasteiger partial charge in [0.25, 0.3) is 0 Å². The molecule has 2 aromatic rings. The van der Waals surface area contributed by atoms with Crippen molar-refractivity contribution >= 4 is 23.2 Å². The van der Waals surface area contributed by atoms with Crippen LogP contribution in [0, 0.1) is 0 Å². The second-order valence-electron chi connectivity index (χ2n) is 4.77. The zero-order chi connectivity index (χ0) is 14.7. The van der Waals surface area contributed by atoms with Crippen LogP contribution in [-0.4, -0.2) is 5.11 Å². The van der Waals surface area contributed by atoms with E-state index >= 15 is 0 Å². The molecule has 0 bridgehead atoms. The third kappa shape index (κ3) is 3.01. The van der Waals surface area contributed by atoms with Gasteiger partial charge in [-0.1, -0.05) is 61.3 Å². The summed E-state index contributed by atoms with van der Waals surface area (Å²) in [5, 5.41) is 11.5. The van der Waals surface area contributed by atoms with Gasteiger partial charge in [0, 0.05) is 15.6 Å². The average Bonchev–Trinajstić information content (AvgIpc) is 2.46. The standard InChI is InChI=1S/C17H18Cl2O/c1-3-11-8-9-13(10-12(11)4-2)17(20)16-14(18)6-5-7-15(16)19/h5-10,17,20H,3-4H2,1-2H3. The molecule has 1 nitrogen and oxygen atoms in total. The third-order valence-electron chi connectivity index (χ3n) is 3.58. The lowest BCUT2D eigenvalue weighted by Crippen LogP contribution is -2.03. The van der Waals surface area contributed by atoms with Crippen LogP contribution in [0.1, 0.15) is 42.2 Å². The van der Waals surface area contributed by atoms with Crippen molar-refractivity contribution in [1.29, 1.82) is 0 Å². The van der Waals surface area contributed by atoms with Gasteiger partial charge in [0.1, 0.15) is 6.10 Å². The minimum absolute atomic E-state index is 0.489. The highest BCUT2D eigenvalue weighted by Crippen LogP contribution is 2.34. The van der Waals surface area contributed by atoms with Crippen LogP contribution in [0.3, 0.4) is 0 Å². The van der Waals surface area contributed by atoms with Gasteiger partial charge >= 0.3 is 0 Å². The number of halogens is 2. The summed E-state index contributed by atoms with van der Waals surface area (Å²) in [6.45, 7) is 4.25. The third-order valence-corrected chi connectivity index (χ3v) is 4.24. The molecular weight excluding hydrogens is 291 g/mol. The first-order chi connectivity index (χ1) is 9.58. The van der Waals surface area contributed by atoms with Crippen molar-refractivity contribution in [2.45, 2.75) is 32.8 Å². The Kier molecular flexibility index (Phi) is 5.09. The van der Waals surface area contributed by atoms with Crippen LogP contribution >= 0.6 is 23.2 Å². The Morgan fingerprint density at radius 1 is 0.950 bits per heavy atom. The molecule has 0 aliphatic carbocycles. The summed E-state index contributed by atoms with van der Waals surface area (Å²) in [6, 6.07) is 11.3. The predicted octanol–water partition coefficient (Wildman–Crippen LogP) is 5.20. The number of benzene rings is 2. The highest BCUT2D eigenvalue weighted by molar-refractivity contribution is 6.36. The van der Waals surface area contributed by atoms with E-state index in [4.69, 9.17) is 23.2 Å². The number of aliphatic hydroxyl groups is 1. The molecule has 0 heterocycles. The number of aryl methyl sites for hydroxylation is 2. The number of hydrogen-bond acceptors (Lipinski definition) is 1. The van der Waals surface area contributed by atoms with E-state index in [0.29, 0.717) is 15.6 Å². The number of rotatable bonds is 4.